The van der Waals surface area contributed by atoms with Crippen LogP contribution >= 0.6 is 0 Å². The van der Waals surface area contributed by atoms with E-state index < -0.39 is 12.7 Å². The third-order valence-corrected chi connectivity index (χ3v) is 5.28. The molecule has 2 bridgehead atoms. The van der Waals surface area contributed by atoms with E-state index in [1.54, 1.807) is 24.3 Å². The smallest absolute Gasteiger partial charge is 0.401 e. The van der Waals surface area contributed by atoms with Crippen LogP contribution in [-0.4, -0.2) is 59.9 Å². The highest BCUT2D eigenvalue weighted by molar-refractivity contribution is 5.58. The van der Waals surface area contributed by atoms with Gasteiger partial charge in [0.2, 0.25) is 5.95 Å². The summed E-state index contributed by atoms with van der Waals surface area (Å²) >= 11 is 0. The highest BCUT2D eigenvalue weighted by Gasteiger charge is 2.45. The third kappa shape index (κ3) is 4.14. The predicted molar refractivity (Wildman–Crippen MR) is 100 cm³/mol. The lowest BCUT2D eigenvalue weighted by Gasteiger charge is -2.41. The van der Waals surface area contributed by atoms with Gasteiger partial charge in [-0.25, -0.2) is 4.98 Å². The molecule has 0 saturated carbocycles. The second-order valence-electron chi connectivity index (χ2n) is 7.17. The van der Waals surface area contributed by atoms with Crippen LogP contribution in [0.3, 0.4) is 0 Å². The van der Waals surface area contributed by atoms with Gasteiger partial charge in [-0.1, -0.05) is 0 Å². The predicted octanol–water partition coefficient (Wildman–Crippen LogP) is 3.44. The maximum atomic E-state index is 12.8. The fraction of sp³-hybridized carbons (Fsp3) is 0.474. The summed E-state index contributed by atoms with van der Waals surface area (Å²) in [6.07, 6.45) is -0.942. The lowest BCUT2D eigenvalue weighted by molar-refractivity contribution is -0.153. The van der Waals surface area contributed by atoms with Crippen molar-refractivity contribution in [1.82, 2.24) is 14.9 Å². The number of piperazine rings is 1. The number of ether oxygens (including phenoxy) is 1. The van der Waals surface area contributed by atoms with Gasteiger partial charge >= 0.3 is 6.18 Å². The van der Waals surface area contributed by atoms with Crippen molar-refractivity contribution in [3.8, 4) is 5.75 Å². The van der Waals surface area contributed by atoms with Crippen LogP contribution in [0, 0.1) is 0 Å². The maximum Gasteiger partial charge on any atom is 0.401 e. The Morgan fingerprint density at radius 1 is 1.11 bits per heavy atom. The maximum absolute atomic E-state index is 12.8. The molecule has 1 aromatic heterocycles. The monoisotopic (exact) mass is 393 g/mol. The van der Waals surface area contributed by atoms with Gasteiger partial charge in [0.15, 0.2) is 0 Å². The molecule has 2 unspecified atom stereocenters. The van der Waals surface area contributed by atoms with Crippen LogP contribution in [0.1, 0.15) is 12.8 Å². The van der Waals surface area contributed by atoms with Gasteiger partial charge in [0, 0.05) is 37.1 Å². The summed E-state index contributed by atoms with van der Waals surface area (Å²) in [5.74, 6) is 1.95. The Balaban J connectivity index is 1.45. The number of benzene rings is 1. The summed E-state index contributed by atoms with van der Waals surface area (Å²) < 4.78 is 43.7. The first kappa shape index (κ1) is 18.8. The molecular formula is C19H22F3N5O. The molecule has 2 aliphatic rings. The Hall–Kier alpha value is -2.55. The van der Waals surface area contributed by atoms with Crippen molar-refractivity contribution in [2.45, 2.75) is 31.1 Å². The molecule has 6 nitrogen and oxygen atoms in total. The molecule has 2 atom stereocenters. The van der Waals surface area contributed by atoms with E-state index in [9.17, 15) is 13.2 Å². The lowest BCUT2D eigenvalue weighted by Crippen LogP contribution is -2.56. The molecule has 0 spiro atoms. The molecular weight excluding hydrogens is 371 g/mol. The van der Waals surface area contributed by atoms with Crippen LogP contribution < -0.4 is 15.0 Å². The van der Waals surface area contributed by atoms with Crippen LogP contribution in [0.4, 0.5) is 30.6 Å². The number of rotatable bonds is 5. The average molecular weight is 393 g/mol. The van der Waals surface area contributed by atoms with Gasteiger partial charge in [-0.05, 0) is 43.2 Å². The first-order chi connectivity index (χ1) is 13.4. The number of halogens is 3. The van der Waals surface area contributed by atoms with Crippen LogP contribution in [0.15, 0.2) is 36.5 Å². The van der Waals surface area contributed by atoms with E-state index in [4.69, 9.17) is 4.74 Å². The molecule has 0 radical (unpaired) electrons. The van der Waals surface area contributed by atoms with Crippen molar-refractivity contribution in [3.63, 3.8) is 0 Å². The SMILES string of the molecule is COc1ccc(Nc2ccnc(N3CC4CCC(C3)N4CC(F)(F)F)n2)cc1. The molecule has 1 N–H and O–H groups in total. The zero-order chi connectivity index (χ0) is 19.7. The quantitative estimate of drug-likeness (QED) is 0.840. The van der Waals surface area contributed by atoms with E-state index >= 15 is 0 Å². The van der Waals surface area contributed by atoms with Crippen molar-refractivity contribution >= 4 is 17.5 Å². The van der Waals surface area contributed by atoms with Crippen LogP contribution in [-0.2, 0) is 0 Å². The minimum Gasteiger partial charge on any atom is -0.497 e. The van der Waals surface area contributed by atoms with Crippen molar-refractivity contribution in [1.29, 1.82) is 0 Å². The van der Waals surface area contributed by atoms with E-state index in [0.29, 0.717) is 24.9 Å². The van der Waals surface area contributed by atoms with E-state index in [1.165, 1.54) is 0 Å². The second kappa shape index (κ2) is 7.46. The van der Waals surface area contributed by atoms with Gasteiger partial charge in [0.1, 0.15) is 11.6 Å². The van der Waals surface area contributed by atoms with E-state index in [0.717, 1.165) is 24.3 Å². The van der Waals surface area contributed by atoms with E-state index in [2.05, 4.69) is 15.3 Å². The second-order valence-corrected chi connectivity index (χ2v) is 7.17. The standard InChI is InChI=1S/C19H22F3N5O/c1-28-16-6-2-13(3-7-16)24-17-8-9-23-18(25-17)26-10-14-4-5-15(11-26)27(14)12-19(20,21)22/h2-3,6-9,14-15H,4-5,10-12H2,1H3,(H,23,24,25). The molecule has 2 fully saturated rings. The molecule has 0 aliphatic carbocycles. The van der Waals surface area contributed by atoms with Crippen molar-refractivity contribution in [2.75, 3.05) is 37.0 Å². The number of aromatic nitrogens is 2. The fourth-order valence-corrected chi connectivity index (χ4v) is 4.01. The fourth-order valence-electron chi connectivity index (χ4n) is 4.01. The number of methoxy groups -OCH3 is 1. The molecule has 28 heavy (non-hydrogen) atoms. The van der Waals surface area contributed by atoms with Gasteiger partial charge in [-0.15, -0.1) is 0 Å². The normalized spacial score (nSPS) is 22.4. The van der Waals surface area contributed by atoms with Crippen molar-refractivity contribution in [3.05, 3.63) is 36.5 Å². The number of anilines is 3. The largest absolute Gasteiger partial charge is 0.497 e. The molecule has 4 rings (SSSR count). The number of alkyl halides is 3. The average Bonchev–Trinajstić information content (AvgIpc) is 2.89. The Morgan fingerprint density at radius 3 is 2.39 bits per heavy atom. The van der Waals surface area contributed by atoms with Crippen LogP contribution in [0.5, 0.6) is 5.75 Å². The minimum absolute atomic E-state index is 0.109. The van der Waals surface area contributed by atoms with Crippen LogP contribution in [0.25, 0.3) is 0 Å². The summed E-state index contributed by atoms with van der Waals surface area (Å²) in [7, 11) is 1.61. The molecule has 9 heteroatoms. The number of nitrogens with zero attached hydrogens (tertiary/aromatic N) is 4. The Morgan fingerprint density at radius 2 is 1.79 bits per heavy atom. The molecule has 2 saturated heterocycles. The van der Waals surface area contributed by atoms with Crippen molar-refractivity contribution in [2.24, 2.45) is 0 Å². The Bertz CT molecular complexity index is 800. The molecule has 1 aromatic carbocycles. The van der Waals surface area contributed by atoms with Gasteiger partial charge in [-0.2, -0.15) is 18.2 Å². The number of nitrogens with one attached hydrogen (secondary N) is 1. The summed E-state index contributed by atoms with van der Waals surface area (Å²) in [5, 5.41) is 3.22. The highest BCUT2D eigenvalue weighted by Crippen LogP contribution is 2.34. The third-order valence-electron chi connectivity index (χ3n) is 5.28. The number of hydrogen-bond acceptors (Lipinski definition) is 6. The zero-order valence-electron chi connectivity index (χ0n) is 15.5. The van der Waals surface area contributed by atoms with Crippen LogP contribution in [0.2, 0.25) is 0 Å². The molecule has 0 amide bonds. The van der Waals surface area contributed by atoms with Gasteiger partial charge < -0.3 is 15.0 Å². The van der Waals surface area contributed by atoms with Gasteiger partial charge in [0.05, 0.1) is 13.7 Å². The van der Waals surface area contributed by atoms with Gasteiger partial charge in [-0.3, -0.25) is 4.90 Å². The first-order valence-electron chi connectivity index (χ1n) is 9.23. The number of fused-ring (bicyclic) bond motifs is 2. The highest BCUT2D eigenvalue weighted by atomic mass is 19.4. The first-order valence-corrected chi connectivity index (χ1v) is 9.23. The molecule has 2 aromatic rings. The summed E-state index contributed by atoms with van der Waals surface area (Å²) in [6.45, 7) is 0.188. The number of hydrogen-bond donors (Lipinski definition) is 1. The summed E-state index contributed by atoms with van der Waals surface area (Å²) in [5.41, 5.74) is 0.862. The molecule has 150 valence electrons. The molecule has 3 heterocycles. The zero-order valence-corrected chi connectivity index (χ0v) is 15.5. The topological polar surface area (TPSA) is 53.5 Å². The Labute approximate surface area is 161 Å². The van der Waals surface area contributed by atoms with Gasteiger partial charge in [0.25, 0.3) is 0 Å². The lowest BCUT2D eigenvalue weighted by atomic mass is 10.2. The summed E-state index contributed by atoms with van der Waals surface area (Å²) in [4.78, 5) is 12.5. The Kier molecular flexibility index (Phi) is 5.01. The van der Waals surface area contributed by atoms with E-state index in [1.807, 2.05) is 29.2 Å². The van der Waals surface area contributed by atoms with Crippen molar-refractivity contribution < 1.29 is 17.9 Å². The van der Waals surface area contributed by atoms with E-state index in [-0.39, 0.29) is 12.1 Å². The molecule has 2 aliphatic heterocycles. The summed E-state index contributed by atoms with van der Waals surface area (Å²) in [6, 6.07) is 9.02. The minimum atomic E-state index is -4.16.